The Kier molecular flexibility index (Phi) is 20.3. The fraction of sp³-hybridized carbons (Fsp3) is 0.880. The van der Waals surface area contributed by atoms with Crippen molar-refractivity contribution in [1.29, 1.82) is 0 Å². The van der Waals surface area contributed by atoms with E-state index in [4.69, 9.17) is 28.8 Å². The van der Waals surface area contributed by atoms with E-state index < -0.39 is 40.3 Å². The smallest absolute Gasteiger partial charge is 0.462 e. The first-order chi connectivity index (χ1) is 17.9. The Morgan fingerprint density at radius 2 is 1.55 bits per heavy atom. The highest BCUT2D eigenvalue weighted by atomic mass is 31.2. The van der Waals surface area contributed by atoms with Gasteiger partial charge in [-0.2, -0.15) is 13.9 Å². The summed E-state index contributed by atoms with van der Waals surface area (Å²) >= 11 is 0. The highest BCUT2D eigenvalue weighted by Gasteiger charge is 2.47. The average Bonchev–Trinajstić information content (AvgIpc) is 2.83. The molecule has 0 aliphatic carbocycles. The molecule has 0 saturated carbocycles. The Hall–Kier alpha value is -0.983. The topological polar surface area (TPSA) is 156 Å². The molecular formula is C25H52N2O9PSi+. The second-order valence-electron chi connectivity index (χ2n) is 10.5. The molecule has 38 heavy (non-hydrogen) atoms. The fourth-order valence-corrected chi connectivity index (χ4v) is 5.18. The van der Waals surface area contributed by atoms with Crippen LogP contribution >= 0.6 is 8.17 Å². The van der Waals surface area contributed by atoms with Crippen LogP contribution in [0.15, 0.2) is 0 Å². The van der Waals surface area contributed by atoms with Crippen molar-refractivity contribution in [3.63, 3.8) is 0 Å². The zero-order chi connectivity index (χ0) is 29.0. The molecule has 2 unspecified atom stereocenters. The molecule has 0 amide bonds. The van der Waals surface area contributed by atoms with Crippen LogP contribution in [-0.4, -0.2) is 82.9 Å². The van der Waals surface area contributed by atoms with E-state index in [1.807, 2.05) is 6.92 Å². The quantitative estimate of drug-likeness (QED) is 0.0658. The number of unbranched alkanes of at least 4 members (excludes halogenated alkanes) is 4. The maximum atomic E-state index is 12.4. The number of hydrogen-bond donors (Lipinski definition) is 3. The number of esters is 2. The molecule has 0 bridgehead atoms. The monoisotopic (exact) mass is 583 g/mol. The maximum Gasteiger partial charge on any atom is 0.572 e. The molecule has 0 aliphatic rings. The summed E-state index contributed by atoms with van der Waals surface area (Å²) in [5.41, 5.74) is 5.48. The number of Topliss-reactive ketones (excluding diaryl/α,β-unsaturated/α-hetero) is 1. The third-order valence-corrected chi connectivity index (χ3v) is 8.74. The molecule has 0 radical (unpaired) electrons. The van der Waals surface area contributed by atoms with Crippen LogP contribution in [0.5, 0.6) is 0 Å². The van der Waals surface area contributed by atoms with Crippen molar-refractivity contribution in [1.82, 2.24) is 5.32 Å². The van der Waals surface area contributed by atoms with Gasteiger partial charge in [-0.15, -0.1) is 4.52 Å². The van der Waals surface area contributed by atoms with Crippen LogP contribution in [0.3, 0.4) is 0 Å². The molecule has 13 heteroatoms. The zero-order valence-electron chi connectivity index (χ0n) is 24.3. The number of likely N-dealkylation sites (N-methyl/N-ethyl adjacent to an activating group) is 1. The lowest BCUT2D eigenvalue weighted by Gasteiger charge is -2.22. The van der Waals surface area contributed by atoms with E-state index in [2.05, 4.69) is 25.0 Å². The predicted octanol–water partition coefficient (Wildman–Crippen LogP) is 3.78. The summed E-state index contributed by atoms with van der Waals surface area (Å²) in [5, 5.41) is 2.82. The van der Waals surface area contributed by atoms with Crippen molar-refractivity contribution in [2.24, 2.45) is 5.73 Å². The van der Waals surface area contributed by atoms with Gasteiger partial charge in [-0.05, 0) is 45.8 Å². The Morgan fingerprint density at radius 3 is 2.13 bits per heavy atom. The first-order valence-corrected chi connectivity index (χ1v) is 18.8. The van der Waals surface area contributed by atoms with Gasteiger partial charge in [0, 0.05) is 20.9 Å². The Morgan fingerprint density at radius 1 is 0.921 bits per heavy atom. The number of carbonyl (C=O) groups excluding carboxylic acids is 3. The minimum absolute atomic E-state index is 0.164. The molecule has 0 aromatic carbocycles. The van der Waals surface area contributed by atoms with Gasteiger partial charge in [0.15, 0.2) is 6.10 Å². The summed E-state index contributed by atoms with van der Waals surface area (Å²) in [6.07, 6.45) is 4.33. The summed E-state index contributed by atoms with van der Waals surface area (Å²) in [5.74, 6) is -1.03. The standard InChI is InChI=1S/C25H52N2O9PSi/c1-7-8-10-14-25(30)36-22(18-32-24(29)13-11-9-12-15-26)19-34-37(31,33-16-17-38(4,5)6)35-20-23(27-3)21(2)28/h22-23,27,31H,7-20,26H2,1-6H3/q+1/t22-,23?,37?/m1/s1. The largest absolute Gasteiger partial charge is 0.572 e. The van der Waals surface area contributed by atoms with Crippen molar-refractivity contribution >= 4 is 34.0 Å². The van der Waals surface area contributed by atoms with Gasteiger partial charge in [0.2, 0.25) is 0 Å². The van der Waals surface area contributed by atoms with Crippen molar-refractivity contribution in [2.75, 3.05) is 40.0 Å². The third kappa shape index (κ3) is 20.0. The van der Waals surface area contributed by atoms with Crippen LogP contribution in [0, 0.1) is 0 Å². The number of nitrogens with two attached hydrogens (primary N) is 1. The number of carbonyl (C=O) groups is 3. The Balaban J connectivity index is 5.29. The zero-order valence-corrected chi connectivity index (χ0v) is 26.2. The summed E-state index contributed by atoms with van der Waals surface area (Å²) in [4.78, 5) is 47.4. The molecule has 0 rings (SSSR count). The molecular weight excluding hydrogens is 531 g/mol. The van der Waals surface area contributed by atoms with Gasteiger partial charge >= 0.3 is 20.1 Å². The predicted molar refractivity (Wildman–Crippen MR) is 151 cm³/mol. The van der Waals surface area contributed by atoms with Gasteiger partial charge in [-0.1, -0.05) is 45.8 Å². The summed E-state index contributed by atoms with van der Waals surface area (Å²) in [6, 6.07) is 0.0973. The van der Waals surface area contributed by atoms with Gasteiger partial charge < -0.3 is 20.5 Å². The highest BCUT2D eigenvalue weighted by Crippen LogP contribution is 2.58. The number of nitrogens with one attached hydrogen (secondary N) is 1. The maximum absolute atomic E-state index is 12.4. The lowest BCUT2D eigenvalue weighted by molar-refractivity contribution is -0.161. The molecule has 3 atom stereocenters. The van der Waals surface area contributed by atoms with Crippen LogP contribution in [0.1, 0.15) is 65.2 Å². The second-order valence-corrected chi connectivity index (χ2v) is 17.8. The second kappa shape index (κ2) is 20.9. The number of hydrogen-bond acceptors (Lipinski definition) is 11. The van der Waals surface area contributed by atoms with E-state index >= 15 is 0 Å². The van der Waals surface area contributed by atoms with Gasteiger partial charge in [0.05, 0.1) is 12.6 Å². The van der Waals surface area contributed by atoms with E-state index in [1.165, 1.54) is 6.92 Å². The Bertz CT molecular complexity index is 682. The van der Waals surface area contributed by atoms with Crippen molar-refractivity contribution in [2.45, 2.75) is 103 Å². The average molecular weight is 584 g/mol. The Labute approximate surface area is 230 Å². The van der Waals surface area contributed by atoms with E-state index in [0.717, 1.165) is 31.7 Å². The number of ketones is 1. The summed E-state index contributed by atoms with van der Waals surface area (Å²) in [7, 11) is -3.74. The molecule has 0 heterocycles. The highest BCUT2D eigenvalue weighted by molar-refractivity contribution is 7.55. The molecule has 0 aromatic heterocycles. The van der Waals surface area contributed by atoms with Crippen molar-refractivity contribution < 1.29 is 42.3 Å². The van der Waals surface area contributed by atoms with E-state index in [9.17, 15) is 19.3 Å². The van der Waals surface area contributed by atoms with E-state index in [-0.39, 0.29) is 45.1 Å². The lowest BCUT2D eigenvalue weighted by Crippen LogP contribution is -2.37. The van der Waals surface area contributed by atoms with E-state index in [1.54, 1.807) is 7.05 Å². The lowest BCUT2D eigenvalue weighted by atomic mass is 10.2. The molecule has 4 N–H and O–H groups in total. The number of ether oxygens (including phenoxy) is 2. The van der Waals surface area contributed by atoms with Gasteiger partial charge in [0.25, 0.3) is 0 Å². The minimum Gasteiger partial charge on any atom is -0.462 e. The van der Waals surface area contributed by atoms with Gasteiger partial charge in [-0.3, -0.25) is 14.4 Å². The molecule has 224 valence electrons. The molecule has 0 aromatic rings. The molecule has 11 nitrogen and oxygen atoms in total. The van der Waals surface area contributed by atoms with Gasteiger partial charge in [-0.25, -0.2) is 0 Å². The van der Waals surface area contributed by atoms with Gasteiger partial charge in [0.1, 0.15) is 25.6 Å². The minimum atomic E-state index is -3.87. The molecule has 0 fully saturated rings. The van der Waals surface area contributed by atoms with Crippen molar-refractivity contribution in [3.05, 3.63) is 0 Å². The SMILES string of the molecule is CCCCCC(=O)O[C@H](COC(=O)CCCCCN)CO[P+](O)(OCC[Si](C)(C)C)OCC(NC)C(C)=O. The van der Waals surface area contributed by atoms with Crippen molar-refractivity contribution in [3.8, 4) is 0 Å². The normalized spacial score (nSPS) is 14.9. The van der Waals surface area contributed by atoms with Crippen LogP contribution in [-0.2, 0) is 37.4 Å². The van der Waals surface area contributed by atoms with Crippen LogP contribution in [0.4, 0.5) is 0 Å². The summed E-state index contributed by atoms with van der Waals surface area (Å²) < 4.78 is 27.8. The fourth-order valence-electron chi connectivity index (χ4n) is 3.06. The molecule has 0 spiro atoms. The van der Waals surface area contributed by atoms with Crippen LogP contribution < -0.4 is 11.1 Å². The molecule has 0 saturated heterocycles. The third-order valence-electron chi connectivity index (χ3n) is 5.57. The first-order valence-electron chi connectivity index (χ1n) is 13.6. The van der Waals surface area contributed by atoms with Crippen LogP contribution in [0.2, 0.25) is 25.7 Å². The molecule has 0 aliphatic heterocycles. The van der Waals surface area contributed by atoms with E-state index in [0.29, 0.717) is 19.4 Å². The number of rotatable bonds is 24. The summed E-state index contributed by atoms with van der Waals surface area (Å²) in [6.45, 7) is 10.0. The first kappa shape index (κ1) is 37.0. The van der Waals surface area contributed by atoms with Crippen LogP contribution in [0.25, 0.3) is 0 Å².